The van der Waals surface area contributed by atoms with Gasteiger partial charge in [-0.15, -0.1) is 0 Å². The van der Waals surface area contributed by atoms with Gasteiger partial charge in [-0.3, -0.25) is 4.98 Å². The van der Waals surface area contributed by atoms with Crippen molar-refractivity contribution in [1.82, 2.24) is 19.3 Å². The molecular weight excluding hydrogens is 434 g/mol. The standard InChI is InChI=1S/C21H19N5O3S2/c1-13-17(8-5-9-22-13)29-18-10-15(30-14-6-3-2-4-7-14)11-23-20(18)25-21-24-19(26-31-21)16(28)12-27/h2-11,16,27-28H,12H2,1H3,(H,23,24,25,26)/t16-/m1/s1. The van der Waals surface area contributed by atoms with Crippen LogP contribution in [-0.4, -0.2) is 36.1 Å². The van der Waals surface area contributed by atoms with Crippen molar-refractivity contribution in [3.05, 3.63) is 72.4 Å². The predicted octanol–water partition coefficient (Wildman–Crippen LogP) is 4.35. The molecule has 4 aromatic rings. The molecule has 3 aromatic heterocycles. The number of aromatic nitrogens is 4. The van der Waals surface area contributed by atoms with Crippen LogP contribution in [0.2, 0.25) is 0 Å². The van der Waals surface area contributed by atoms with E-state index >= 15 is 0 Å². The molecule has 0 aliphatic rings. The first kappa shape index (κ1) is 21.2. The zero-order valence-electron chi connectivity index (χ0n) is 16.5. The van der Waals surface area contributed by atoms with E-state index in [-0.39, 0.29) is 5.82 Å². The summed E-state index contributed by atoms with van der Waals surface area (Å²) in [4.78, 5) is 15.0. The van der Waals surface area contributed by atoms with Crippen LogP contribution < -0.4 is 10.1 Å². The molecule has 0 aliphatic carbocycles. The Hall–Kier alpha value is -3.05. The van der Waals surface area contributed by atoms with Gasteiger partial charge in [-0.05, 0) is 31.2 Å². The van der Waals surface area contributed by atoms with Crippen LogP contribution in [0.25, 0.3) is 0 Å². The number of rotatable bonds is 8. The summed E-state index contributed by atoms with van der Waals surface area (Å²) in [6, 6.07) is 15.5. The topological polar surface area (TPSA) is 113 Å². The monoisotopic (exact) mass is 453 g/mol. The highest BCUT2D eigenvalue weighted by molar-refractivity contribution is 7.99. The minimum Gasteiger partial charge on any atom is -0.452 e. The van der Waals surface area contributed by atoms with Crippen LogP contribution in [0.5, 0.6) is 11.5 Å². The average Bonchev–Trinajstić information content (AvgIpc) is 3.26. The van der Waals surface area contributed by atoms with Crippen molar-refractivity contribution in [1.29, 1.82) is 0 Å². The third-order valence-corrected chi connectivity index (χ3v) is 5.73. The van der Waals surface area contributed by atoms with Crippen LogP contribution in [0.1, 0.15) is 17.6 Å². The summed E-state index contributed by atoms with van der Waals surface area (Å²) in [5, 5.41) is 22.3. The predicted molar refractivity (Wildman–Crippen MR) is 119 cm³/mol. The van der Waals surface area contributed by atoms with Crippen molar-refractivity contribution < 1.29 is 14.9 Å². The summed E-state index contributed by atoms with van der Waals surface area (Å²) in [5.74, 6) is 1.71. The van der Waals surface area contributed by atoms with Crippen molar-refractivity contribution in [2.24, 2.45) is 0 Å². The highest BCUT2D eigenvalue weighted by Gasteiger charge is 2.16. The molecule has 0 unspecified atom stereocenters. The number of aliphatic hydroxyl groups is 2. The largest absolute Gasteiger partial charge is 0.452 e. The van der Waals surface area contributed by atoms with Crippen molar-refractivity contribution >= 4 is 34.2 Å². The van der Waals surface area contributed by atoms with E-state index in [4.69, 9.17) is 9.84 Å². The zero-order chi connectivity index (χ0) is 21.6. The van der Waals surface area contributed by atoms with E-state index in [9.17, 15) is 5.11 Å². The molecule has 0 radical (unpaired) electrons. The van der Waals surface area contributed by atoms with E-state index in [1.54, 1.807) is 30.2 Å². The highest BCUT2D eigenvalue weighted by Crippen LogP contribution is 2.36. The minimum absolute atomic E-state index is 0.150. The quantitative estimate of drug-likeness (QED) is 0.358. The van der Waals surface area contributed by atoms with Gasteiger partial charge >= 0.3 is 0 Å². The maximum absolute atomic E-state index is 9.72. The van der Waals surface area contributed by atoms with E-state index < -0.39 is 12.7 Å². The molecule has 0 amide bonds. The summed E-state index contributed by atoms with van der Waals surface area (Å²) in [6.07, 6.45) is 2.32. The van der Waals surface area contributed by atoms with Crippen LogP contribution in [0.15, 0.2) is 70.7 Å². The molecule has 8 nitrogen and oxygen atoms in total. The maximum atomic E-state index is 9.72. The molecule has 3 heterocycles. The van der Waals surface area contributed by atoms with Gasteiger partial charge in [-0.1, -0.05) is 30.0 Å². The number of aliphatic hydroxyl groups excluding tert-OH is 2. The molecule has 0 fully saturated rings. The third kappa shape index (κ3) is 5.36. The first-order valence-corrected chi connectivity index (χ1v) is 10.9. The van der Waals surface area contributed by atoms with E-state index in [2.05, 4.69) is 24.6 Å². The van der Waals surface area contributed by atoms with Crippen molar-refractivity contribution in [2.75, 3.05) is 11.9 Å². The molecule has 0 aliphatic heterocycles. The van der Waals surface area contributed by atoms with Gasteiger partial charge in [0.1, 0.15) is 11.9 Å². The number of ether oxygens (including phenoxy) is 1. The summed E-state index contributed by atoms with van der Waals surface area (Å²) >= 11 is 2.63. The first-order valence-electron chi connectivity index (χ1n) is 9.34. The van der Waals surface area contributed by atoms with E-state index in [1.165, 1.54) is 0 Å². The van der Waals surface area contributed by atoms with Gasteiger partial charge in [0, 0.05) is 39.8 Å². The molecule has 3 N–H and O–H groups in total. The third-order valence-electron chi connectivity index (χ3n) is 4.12. The highest BCUT2D eigenvalue weighted by atomic mass is 32.2. The number of nitrogens with one attached hydrogen (secondary N) is 1. The Balaban J connectivity index is 1.64. The summed E-state index contributed by atoms with van der Waals surface area (Å²) in [6.45, 7) is 1.42. The van der Waals surface area contributed by atoms with Crippen molar-refractivity contribution in [2.45, 2.75) is 22.8 Å². The second kappa shape index (κ2) is 9.84. The Morgan fingerprint density at radius 1 is 1.10 bits per heavy atom. The Morgan fingerprint density at radius 2 is 1.94 bits per heavy atom. The first-order chi connectivity index (χ1) is 15.1. The van der Waals surface area contributed by atoms with Crippen molar-refractivity contribution in [3.8, 4) is 11.5 Å². The molecule has 4 rings (SSSR count). The van der Waals surface area contributed by atoms with Gasteiger partial charge in [0.15, 0.2) is 17.4 Å². The molecule has 158 valence electrons. The molecule has 0 bridgehead atoms. The maximum Gasteiger partial charge on any atom is 0.208 e. The molecule has 1 aromatic carbocycles. The summed E-state index contributed by atoms with van der Waals surface area (Å²) in [5.41, 5.74) is 0.749. The SMILES string of the molecule is Cc1ncccc1Oc1cc(Sc2ccccc2)cnc1Nc1nc([C@H](O)CO)ns1. The zero-order valence-corrected chi connectivity index (χ0v) is 18.1. The second-order valence-electron chi connectivity index (χ2n) is 6.40. The molecule has 0 saturated carbocycles. The van der Waals surface area contributed by atoms with E-state index in [0.29, 0.717) is 22.4 Å². The Kier molecular flexibility index (Phi) is 6.73. The Labute approximate surface area is 187 Å². The second-order valence-corrected chi connectivity index (χ2v) is 8.30. The van der Waals surface area contributed by atoms with Crippen LogP contribution in [0.3, 0.4) is 0 Å². The number of hydrogen-bond donors (Lipinski definition) is 3. The van der Waals surface area contributed by atoms with Gasteiger partial charge in [-0.25, -0.2) is 9.97 Å². The van der Waals surface area contributed by atoms with Gasteiger partial charge in [0.05, 0.1) is 12.3 Å². The number of pyridine rings is 2. The van der Waals surface area contributed by atoms with Gasteiger partial charge < -0.3 is 20.3 Å². The molecule has 0 spiro atoms. The number of aryl methyl sites for hydroxylation is 1. The van der Waals surface area contributed by atoms with E-state index in [1.807, 2.05) is 49.4 Å². The number of nitrogens with zero attached hydrogens (tertiary/aromatic N) is 4. The summed E-state index contributed by atoms with van der Waals surface area (Å²) in [7, 11) is 0. The smallest absolute Gasteiger partial charge is 0.208 e. The summed E-state index contributed by atoms with van der Waals surface area (Å²) < 4.78 is 10.2. The lowest BCUT2D eigenvalue weighted by Crippen LogP contribution is -2.04. The van der Waals surface area contributed by atoms with Crippen LogP contribution in [-0.2, 0) is 0 Å². The lowest BCUT2D eigenvalue weighted by atomic mass is 10.3. The molecule has 10 heteroatoms. The Bertz CT molecular complexity index is 1160. The van der Waals surface area contributed by atoms with Crippen LogP contribution in [0.4, 0.5) is 10.9 Å². The van der Waals surface area contributed by atoms with Gasteiger partial charge in [0.2, 0.25) is 5.13 Å². The molecule has 1 atom stereocenters. The fraction of sp³-hybridized carbons (Fsp3) is 0.143. The normalized spacial score (nSPS) is 11.8. The average molecular weight is 454 g/mol. The number of anilines is 2. The molecule has 31 heavy (non-hydrogen) atoms. The van der Waals surface area contributed by atoms with Crippen LogP contribution in [0, 0.1) is 6.92 Å². The number of benzene rings is 1. The fourth-order valence-corrected chi connectivity index (χ4v) is 4.03. The lowest BCUT2D eigenvalue weighted by Gasteiger charge is -2.13. The molecular formula is C21H19N5O3S2. The van der Waals surface area contributed by atoms with Crippen LogP contribution >= 0.6 is 23.3 Å². The number of hydrogen-bond acceptors (Lipinski definition) is 10. The van der Waals surface area contributed by atoms with Gasteiger partial charge in [0.25, 0.3) is 0 Å². The molecule has 0 saturated heterocycles. The minimum atomic E-state index is -1.13. The van der Waals surface area contributed by atoms with Crippen molar-refractivity contribution in [3.63, 3.8) is 0 Å². The van der Waals surface area contributed by atoms with E-state index in [0.717, 1.165) is 27.0 Å². The fourth-order valence-electron chi connectivity index (χ4n) is 2.58. The lowest BCUT2D eigenvalue weighted by molar-refractivity contribution is 0.0897. The van der Waals surface area contributed by atoms with Gasteiger partial charge in [-0.2, -0.15) is 4.37 Å². The Morgan fingerprint density at radius 3 is 2.71 bits per heavy atom.